The van der Waals surface area contributed by atoms with Crippen LogP contribution < -0.4 is 10.1 Å². The summed E-state index contributed by atoms with van der Waals surface area (Å²) < 4.78 is 10.1. The van der Waals surface area contributed by atoms with Gasteiger partial charge in [-0.2, -0.15) is 0 Å². The molecule has 1 aromatic heterocycles. The van der Waals surface area contributed by atoms with E-state index < -0.39 is 6.10 Å². The van der Waals surface area contributed by atoms with Crippen molar-refractivity contribution in [1.82, 2.24) is 10.3 Å². The van der Waals surface area contributed by atoms with Crippen LogP contribution in [0.1, 0.15) is 18.2 Å². The first-order valence-electron chi connectivity index (χ1n) is 6.00. The SMILES string of the molecule is Cc1cc(OC(C)C(=O)Nc2nonc2C)ccc1Cl. The van der Waals surface area contributed by atoms with E-state index in [4.69, 9.17) is 16.3 Å². The Morgan fingerprint density at radius 3 is 2.75 bits per heavy atom. The van der Waals surface area contributed by atoms with Crippen molar-refractivity contribution in [2.45, 2.75) is 26.9 Å². The minimum atomic E-state index is -0.688. The molecule has 1 heterocycles. The topological polar surface area (TPSA) is 77.2 Å². The number of ether oxygens (including phenoxy) is 1. The first kappa shape index (κ1) is 14.3. The van der Waals surface area contributed by atoms with E-state index in [2.05, 4.69) is 20.3 Å². The first-order valence-corrected chi connectivity index (χ1v) is 6.38. The highest BCUT2D eigenvalue weighted by atomic mass is 35.5. The number of benzene rings is 1. The van der Waals surface area contributed by atoms with Gasteiger partial charge in [-0.25, -0.2) is 4.63 Å². The van der Waals surface area contributed by atoms with Crippen LogP contribution in [0.15, 0.2) is 22.8 Å². The highest BCUT2D eigenvalue weighted by Crippen LogP contribution is 2.22. The maximum absolute atomic E-state index is 11.9. The Hall–Kier alpha value is -2.08. The Kier molecular flexibility index (Phi) is 4.24. The van der Waals surface area contributed by atoms with E-state index in [0.29, 0.717) is 16.5 Å². The molecule has 106 valence electrons. The summed E-state index contributed by atoms with van der Waals surface area (Å²) in [7, 11) is 0. The number of rotatable bonds is 4. The van der Waals surface area contributed by atoms with Crippen molar-refractivity contribution in [3.8, 4) is 5.75 Å². The average Bonchev–Trinajstić information content (AvgIpc) is 2.79. The van der Waals surface area contributed by atoms with E-state index in [1.54, 1.807) is 32.0 Å². The molecular weight excluding hydrogens is 282 g/mol. The van der Waals surface area contributed by atoms with Crippen molar-refractivity contribution in [1.29, 1.82) is 0 Å². The van der Waals surface area contributed by atoms with Gasteiger partial charge in [0.25, 0.3) is 5.91 Å². The summed E-state index contributed by atoms with van der Waals surface area (Å²) in [4.78, 5) is 11.9. The molecule has 1 atom stereocenters. The molecule has 2 aromatic rings. The lowest BCUT2D eigenvalue weighted by Crippen LogP contribution is -2.30. The molecular formula is C13H14ClN3O3. The van der Waals surface area contributed by atoms with Crippen LogP contribution in [0.5, 0.6) is 5.75 Å². The zero-order valence-electron chi connectivity index (χ0n) is 11.3. The number of carbonyl (C=O) groups is 1. The number of nitrogens with one attached hydrogen (secondary N) is 1. The lowest BCUT2D eigenvalue weighted by atomic mass is 10.2. The van der Waals surface area contributed by atoms with Crippen LogP contribution in [0.4, 0.5) is 5.82 Å². The van der Waals surface area contributed by atoms with Gasteiger partial charge in [-0.15, -0.1) is 0 Å². The summed E-state index contributed by atoms with van der Waals surface area (Å²) in [6.45, 7) is 5.19. The minimum Gasteiger partial charge on any atom is -0.481 e. The van der Waals surface area contributed by atoms with Crippen LogP contribution in [-0.4, -0.2) is 22.3 Å². The number of hydrogen-bond acceptors (Lipinski definition) is 5. The third-order valence-corrected chi connectivity index (χ3v) is 3.13. The molecule has 0 aliphatic rings. The second-order valence-electron chi connectivity index (χ2n) is 4.36. The standard InChI is InChI=1S/C13H14ClN3O3/c1-7-6-10(4-5-11(7)14)19-9(3)13(18)15-12-8(2)16-20-17-12/h4-6,9H,1-3H3,(H,15,17,18). The number of nitrogens with zero attached hydrogens (tertiary/aromatic N) is 2. The number of halogens is 1. The number of anilines is 1. The maximum Gasteiger partial charge on any atom is 0.266 e. The third-order valence-electron chi connectivity index (χ3n) is 2.71. The molecule has 0 fully saturated rings. The Bertz CT molecular complexity index is 627. The first-order chi connectivity index (χ1) is 9.47. The van der Waals surface area contributed by atoms with E-state index >= 15 is 0 Å². The van der Waals surface area contributed by atoms with Gasteiger partial charge in [0.2, 0.25) is 0 Å². The van der Waals surface area contributed by atoms with Crippen LogP contribution >= 0.6 is 11.6 Å². The fourth-order valence-electron chi connectivity index (χ4n) is 1.51. The van der Waals surface area contributed by atoms with Gasteiger partial charge in [-0.1, -0.05) is 16.8 Å². The smallest absolute Gasteiger partial charge is 0.266 e. The summed E-state index contributed by atoms with van der Waals surface area (Å²) in [6.07, 6.45) is -0.688. The highest BCUT2D eigenvalue weighted by Gasteiger charge is 2.18. The zero-order valence-corrected chi connectivity index (χ0v) is 12.1. The average molecular weight is 296 g/mol. The fraction of sp³-hybridized carbons (Fsp3) is 0.308. The van der Waals surface area contributed by atoms with Gasteiger partial charge in [0.15, 0.2) is 11.9 Å². The van der Waals surface area contributed by atoms with Crippen molar-refractivity contribution in [2.75, 3.05) is 5.32 Å². The fourth-order valence-corrected chi connectivity index (χ4v) is 1.63. The number of amides is 1. The largest absolute Gasteiger partial charge is 0.481 e. The lowest BCUT2D eigenvalue weighted by Gasteiger charge is -2.14. The van der Waals surface area contributed by atoms with Crippen molar-refractivity contribution in [3.05, 3.63) is 34.5 Å². The van der Waals surface area contributed by atoms with Gasteiger partial charge in [-0.05, 0) is 49.7 Å². The number of hydrogen-bond donors (Lipinski definition) is 1. The molecule has 6 nitrogen and oxygen atoms in total. The molecule has 0 aliphatic carbocycles. The summed E-state index contributed by atoms with van der Waals surface area (Å²) in [5.74, 6) is 0.527. The molecule has 0 saturated heterocycles. The normalized spacial score (nSPS) is 12.0. The van der Waals surface area contributed by atoms with Gasteiger partial charge < -0.3 is 10.1 Å². The molecule has 20 heavy (non-hydrogen) atoms. The highest BCUT2D eigenvalue weighted by molar-refractivity contribution is 6.31. The predicted octanol–water partition coefficient (Wildman–Crippen LogP) is 2.75. The summed E-state index contributed by atoms with van der Waals surface area (Å²) in [6, 6.07) is 5.21. The van der Waals surface area contributed by atoms with Crippen LogP contribution in [0.3, 0.4) is 0 Å². The van der Waals surface area contributed by atoms with Crippen LogP contribution in [0.2, 0.25) is 5.02 Å². The summed E-state index contributed by atoms with van der Waals surface area (Å²) in [5.41, 5.74) is 1.39. The molecule has 1 amide bonds. The predicted molar refractivity (Wildman–Crippen MR) is 73.9 cm³/mol. The van der Waals surface area contributed by atoms with Gasteiger partial charge in [0.1, 0.15) is 11.4 Å². The van der Waals surface area contributed by atoms with Gasteiger partial charge in [0, 0.05) is 5.02 Å². The van der Waals surface area contributed by atoms with Gasteiger partial charge in [-0.3, -0.25) is 4.79 Å². The summed E-state index contributed by atoms with van der Waals surface area (Å²) in [5, 5.41) is 10.4. The van der Waals surface area contributed by atoms with Crippen molar-refractivity contribution in [2.24, 2.45) is 0 Å². The number of aromatic nitrogens is 2. The van der Waals surface area contributed by atoms with E-state index in [-0.39, 0.29) is 11.7 Å². The molecule has 7 heteroatoms. The third kappa shape index (κ3) is 3.27. The van der Waals surface area contributed by atoms with Crippen molar-refractivity contribution < 1.29 is 14.2 Å². The Labute approximate surface area is 121 Å². The summed E-state index contributed by atoms with van der Waals surface area (Å²) >= 11 is 5.93. The van der Waals surface area contributed by atoms with E-state index in [1.165, 1.54) is 0 Å². The number of carbonyl (C=O) groups excluding carboxylic acids is 1. The molecule has 0 radical (unpaired) electrons. The Morgan fingerprint density at radius 2 is 2.15 bits per heavy atom. The molecule has 0 aliphatic heterocycles. The second kappa shape index (κ2) is 5.92. The van der Waals surface area contributed by atoms with Gasteiger partial charge >= 0.3 is 0 Å². The van der Waals surface area contributed by atoms with Crippen LogP contribution in [-0.2, 0) is 4.79 Å². The molecule has 0 saturated carbocycles. The van der Waals surface area contributed by atoms with Crippen molar-refractivity contribution in [3.63, 3.8) is 0 Å². The molecule has 0 spiro atoms. The van der Waals surface area contributed by atoms with Crippen LogP contribution in [0, 0.1) is 13.8 Å². The lowest BCUT2D eigenvalue weighted by molar-refractivity contribution is -0.122. The molecule has 1 unspecified atom stereocenters. The quantitative estimate of drug-likeness (QED) is 0.938. The Balaban J connectivity index is 2.00. The number of aryl methyl sites for hydroxylation is 2. The minimum absolute atomic E-state index is 0.290. The Morgan fingerprint density at radius 1 is 1.40 bits per heavy atom. The monoisotopic (exact) mass is 295 g/mol. The molecule has 1 N–H and O–H groups in total. The van der Waals surface area contributed by atoms with E-state index in [0.717, 1.165) is 5.56 Å². The molecule has 1 aromatic carbocycles. The molecule has 2 rings (SSSR count). The maximum atomic E-state index is 11.9. The zero-order chi connectivity index (χ0) is 14.7. The van der Waals surface area contributed by atoms with E-state index in [9.17, 15) is 4.79 Å². The second-order valence-corrected chi connectivity index (χ2v) is 4.77. The van der Waals surface area contributed by atoms with Crippen LogP contribution in [0.25, 0.3) is 0 Å². The van der Waals surface area contributed by atoms with Gasteiger partial charge in [0.05, 0.1) is 0 Å². The van der Waals surface area contributed by atoms with E-state index in [1.807, 2.05) is 6.92 Å². The van der Waals surface area contributed by atoms with Crippen molar-refractivity contribution >= 4 is 23.3 Å². The molecule has 0 bridgehead atoms.